The molecule has 0 bridgehead atoms. The summed E-state index contributed by atoms with van der Waals surface area (Å²) in [4.78, 5) is 2.43. The number of thiophene rings is 1. The molecule has 3 rings (SSSR count). The Kier molecular flexibility index (Phi) is 17.3. The van der Waals surface area contributed by atoms with E-state index < -0.39 is 0 Å². The highest BCUT2D eigenvalue weighted by atomic mass is 32.1. The molecule has 2 aromatic carbocycles. The molecule has 0 unspecified atom stereocenters. The van der Waals surface area contributed by atoms with Crippen LogP contribution in [0.5, 0.6) is 0 Å². The minimum atomic E-state index is 1.06. The molecule has 26 heavy (non-hydrogen) atoms. The lowest BCUT2D eigenvalue weighted by Crippen LogP contribution is -2.21. The van der Waals surface area contributed by atoms with Gasteiger partial charge in [-0.2, -0.15) is 0 Å². The van der Waals surface area contributed by atoms with Gasteiger partial charge in [-0.3, -0.25) is 0 Å². The van der Waals surface area contributed by atoms with Crippen LogP contribution < -0.4 is 4.90 Å². The summed E-state index contributed by atoms with van der Waals surface area (Å²) < 4.78 is 2.77. The van der Waals surface area contributed by atoms with Gasteiger partial charge in [-0.15, -0.1) is 11.3 Å². The minimum absolute atomic E-state index is 1.06. The molecule has 0 aliphatic carbocycles. The Morgan fingerprint density at radius 2 is 1.15 bits per heavy atom. The summed E-state index contributed by atoms with van der Waals surface area (Å²) in [5.74, 6) is 0. The fraction of sp³-hybridized carbons (Fsp3) is 0.500. The first-order valence-electron chi connectivity index (χ1n) is 10.5. The molecule has 0 N–H and O–H groups in total. The lowest BCUT2D eigenvalue weighted by molar-refractivity contribution is 0.871. The third-order valence-corrected chi connectivity index (χ3v) is 4.62. The Morgan fingerprint density at radius 3 is 1.69 bits per heavy atom. The van der Waals surface area contributed by atoms with Crippen molar-refractivity contribution in [3.63, 3.8) is 0 Å². The van der Waals surface area contributed by atoms with Crippen LogP contribution in [0.4, 0.5) is 5.69 Å². The second kappa shape index (κ2) is 16.9. The molecule has 1 aromatic heterocycles. The van der Waals surface area contributed by atoms with E-state index in [1.165, 1.54) is 25.9 Å². The van der Waals surface area contributed by atoms with Crippen LogP contribution in [-0.2, 0) is 0 Å². The van der Waals surface area contributed by atoms with Gasteiger partial charge in [-0.1, -0.05) is 79.7 Å². The monoisotopic (exact) mass is 375 g/mol. The molecule has 2 heteroatoms. The fourth-order valence-electron chi connectivity index (χ4n) is 2.58. The summed E-state index contributed by atoms with van der Waals surface area (Å²) in [5, 5.41) is 2.81. The van der Waals surface area contributed by atoms with Crippen LogP contribution in [0.25, 0.3) is 20.2 Å². The van der Waals surface area contributed by atoms with E-state index in [1.54, 1.807) is 0 Å². The van der Waals surface area contributed by atoms with Crippen molar-refractivity contribution in [3.8, 4) is 0 Å². The fourth-order valence-corrected chi connectivity index (χ4v) is 3.71. The van der Waals surface area contributed by atoms with E-state index in [1.807, 2.05) is 66.7 Å². The van der Waals surface area contributed by atoms with E-state index in [0.717, 1.165) is 13.1 Å². The molecule has 3 aromatic rings. The third kappa shape index (κ3) is 6.64. The number of anilines is 1. The number of hydrogen-bond donors (Lipinski definition) is 0. The van der Waals surface area contributed by atoms with Crippen LogP contribution in [0.1, 0.15) is 69.2 Å². The smallest absolute Gasteiger partial charge is 0.0460 e. The molecule has 0 radical (unpaired) electrons. The van der Waals surface area contributed by atoms with E-state index in [9.17, 15) is 0 Å². The zero-order valence-electron chi connectivity index (χ0n) is 18.8. The van der Waals surface area contributed by atoms with Gasteiger partial charge in [0.05, 0.1) is 0 Å². The molecule has 0 saturated carbocycles. The van der Waals surface area contributed by atoms with E-state index in [2.05, 4.69) is 61.2 Å². The Bertz CT molecular complexity index is 681. The first-order chi connectivity index (χ1) is 12.8. The Morgan fingerprint density at radius 1 is 0.654 bits per heavy atom. The SMILES string of the molecule is CC.CC.CC.CC.CCN(CC)c1cccc2sc3ccccc3c12. The van der Waals surface area contributed by atoms with Gasteiger partial charge in [-0.05, 0) is 32.0 Å². The van der Waals surface area contributed by atoms with E-state index >= 15 is 0 Å². The largest absolute Gasteiger partial charge is 0.372 e. The predicted molar refractivity (Wildman–Crippen MR) is 128 cm³/mol. The highest BCUT2D eigenvalue weighted by Gasteiger charge is 2.11. The Labute approximate surface area is 167 Å². The molecule has 0 saturated heterocycles. The zero-order valence-corrected chi connectivity index (χ0v) is 19.6. The second-order valence-corrected chi connectivity index (χ2v) is 5.50. The van der Waals surface area contributed by atoms with Gasteiger partial charge in [0, 0.05) is 38.9 Å². The molecule has 0 amide bonds. The molecular weight excluding hydrogens is 334 g/mol. The van der Waals surface area contributed by atoms with Crippen LogP contribution in [0.15, 0.2) is 42.5 Å². The van der Waals surface area contributed by atoms with E-state index in [4.69, 9.17) is 0 Å². The average Bonchev–Trinajstić information content (AvgIpc) is 3.14. The van der Waals surface area contributed by atoms with Crippen molar-refractivity contribution >= 4 is 37.2 Å². The van der Waals surface area contributed by atoms with Crippen molar-refractivity contribution in [3.05, 3.63) is 42.5 Å². The summed E-state index contributed by atoms with van der Waals surface area (Å²) in [6.07, 6.45) is 0. The predicted octanol–water partition coefficient (Wildman–Crippen LogP) is 9.01. The van der Waals surface area contributed by atoms with Gasteiger partial charge in [-0.25, -0.2) is 0 Å². The number of benzene rings is 2. The first kappa shape index (κ1) is 26.7. The number of fused-ring (bicyclic) bond motifs is 3. The maximum atomic E-state index is 2.43. The lowest BCUT2D eigenvalue weighted by Gasteiger charge is -2.22. The summed E-state index contributed by atoms with van der Waals surface area (Å²) in [6.45, 7) is 22.5. The van der Waals surface area contributed by atoms with Gasteiger partial charge in [0.15, 0.2) is 0 Å². The van der Waals surface area contributed by atoms with Gasteiger partial charge in [0.1, 0.15) is 0 Å². The number of nitrogens with zero attached hydrogens (tertiary/aromatic N) is 1. The molecule has 0 aliphatic heterocycles. The van der Waals surface area contributed by atoms with Gasteiger partial charge in [0.25, 0.3) is 0 Å². The first-order valence-corrected chi connectivity index (χ1v) is 11.3. The van der Waals surface area contributed by atoms with Crippen molar-refractivity contribution in [1.29, 1.82) is 0 Å². The average molecular weight is 376 g/mol. The van der Waals surface area contributed by atoms with Crippen LogP contribution in [0.3, 0.4) is 0 Å². The third-order valence-electron chi connectivity index (χ3n) is 3.48. The summed E-state index contributed by atoms with van der Waals surface area (Å²) >= 11 is 1.89. The minimum Gasteiger partial charge on any atom is -0.372 e. The van der Waals surface area contributed by atoms with Crippen molar-refractivity contribution in [2.24, 2.45) is 0 Å². The number of rotatable bonds is 3. The summed E-state index contributed by atoms with van der Waals surface area (Å²) in [7, 11) is 0. The second-order valence-electron chi connectivity index (χ2n) is 4.42. The highest BCUT2D eigenvalue weighted by Crippen LogP contribution is 2.39. The number of hydrogen-bond acceptors (Lipinski definition) is 2. The van der Waals surface area contributed by atoms with E-state index in [-0.39, 0.29) is 0 Å². The Hall–Kier alpha value is -1.54. The summed E-state index contributed by atoms with van der Waals surface area (Å²) in [5.41, 5.74) is 1.37. The van der Waals surface area contributed by atoms with Crippen molar-refractivity contribution in [1.82, 2.24) is 0 Å². The van der Waals surface area contributed by atoms with E-state index in [0.29, 0.717) is 0 Å². The molecule has 0 aliphatic rings. The quantitative estimate of drug-likeness (QED) is 0.441. The zero-order chi connectivity index (χ0) is 20.5. The van der Waals surface area contributed by atoms with Crippen molar-refractivity contribution in [2.45, 2.75) is 69.2 Å². The van der Waals surface area contributed by atoms with Crippen LogP contribution in [0, 0.1) is 0 Å². The maximum Gasteiger partial charge on any atom is 0.0460 e. The standard InChI is InChI=1S/C16H17NS.4C2H6/c1-3-17(4-2)13-9-7-11-15-16(13)12-8-5-6-10-14(12)18-15;4*1-2/h5-11H,3-4H2,1-2H3;4*1-2H3. The van der Waals surface area contributed by atoms with Crippen molar-refractivity contribution in [2.75, 3.05) is 18.0 Å². The van der Waals surface area contributed by atoms with Crippen LogP contribution >= 0.6 is 11.3 Å². The molecule has 1 heterocycles. The Balaban J connectivity index is 0. The van der Waals surface area contributed by atoms with Gasteiger partial charge >= 0.3 is 0 Å². The lowest BCUT2D eigenvalue weighted by atomic mass is 10.1. The van der Waals surface area contributed by atoms with Crippen LogP contribution in [0.2, 0.25) is 0 Å². The maximum absolute atomic E-state index is 2.43. The molecule has 1 nitrogen and oxygen atoms in total. The van der Waals surface area contributed by atoms with Gasteiger partial charge < -0.3 is 4.90 Å². The molecule has 0 atom stereocenters. The topological polar surface area (TPSA) is 3.24 Å². The van der Waals surface area contributed by atoms with Crippen LogP contribution in [-0.4, -0.2) is 13.1 Å². The molecule has 148 valence electrons. The highest BCUT2D eigenvalue weighted by molar-refractivity contribution is 7.25. The molecule has 0 spiro atoms. The summed E-state index contributed by atoms with van der Waals surface area (Å²) in [6, 6.07) is 15.3. The molecule has 0 fully saturated rings. The molecular formula is C24H41NS. The van der Waals surface area contributed by atoms with Gasteiger partial charge in [0.2, 0.25) is 0 Å². The van der Waals surface area contributed by atoms with Crippen molar-refractivity contribution < 1.29 is 0 Å². The normalized spacial score (nSPS) is 8.69.